The van der Waals surface area contributed by atoms with Crippen molar-refractivity contribution in [2.24, 2.45) is 0 Å². The lowest BCUT2D eigenvalue weighted by Crippen LogP contribution is -2.18. The Kier molecular flexibility index (Phi) is 3.35. The number of para-hydroxylation sites is 1. The van der Waals surface area contributed by atoms with Gasteiger partial charge < -0.3 is 10.6 Å². The number of Topliss-reactive ketones (excluding diaryl/α,β-unsaturated/α-hetero) is 2. The van der Waals surface area contributed by atoms with Crippen LogP contribution in [0.25, 0.3) is 0 Å². The maximum Gasteiger partial charge on any atom is 0.213 e. The third-order valence-corrected chi connectivity index (χ3v) is 3.53. The molecule has 0 spiro atoms. The molecule has 2 aliphatic rings. The Balaban J connectivity index is 2.04. The number of hydrogen-bond acceptors (Lipinski definition) is 4. The minimum Gasteiger partial charge on any atom is -0.350 e. The van der Waals surface area contributed by atoms with Crippen LogP contribution in [-0.2, 0) is 4.79 Å². The van der Waals surface area contributed by atoms with E-state index in [2.05, 4.69) is 23.8 Å². The van der Waals surface area contributed by atoms with E-state index in [1.54, 1.807) is 42.5 Å². The fraction of sp³-hybridized carbons (Fsp3) is 0. The zero-order valence-electron chi connectivity index (χ0n) is 11.8. The van der Waals surface area contributed by atoms with Gasteiger partial charge >= 0.3 is 0 Å². The van der Waals surface area contributed by atoms with Gasteiger partial charge in [-0.25, -0.2) is 0 Å². The molecule has 2 aliphatic heterocycles. The van der Waals surface area contributed by atoms with E-state index in [9.17, 15) is 9.59 Å². The van der Waals surface area contributed by atoms with Crippen molar-refractivity contribution in [1.82, 2.24) is 5.32 Å². The molecule has 22 heavy (non-hydrogen) atoms. The van der Waals surface area contributed by atoms with Gasteiger partial charge in [0.1, 0.15) is 11.4 Å². The molecule has 0 atom stereocenters. The Morgan fingerprint density at radius 3 is 2.36 bits per heavy atom. The Labute approximate surface area is 128 Å². The van der Waals surface area contributed by atoms with Crippen molar-refractivity contribution in [2.45, 2.75) is 0 Å². The minimum absolute atomic E-state index is 0.191. The van der Waals surface area contributed by atoms with E-state index in [4.69, 9.17) is 0 Å². The highest BCUT2D eigenvalue weighted by atomic mass is 16.1. The highest BCUT2D eigenvalue weighted by Gasteiger charge is 2.34. The highest BCUT2D eigenvalue weighted by molar-refractivity contribution is 6.25. The van der Waals surface area contributed by atoms with Crippen molar-refractivity contribution >= 4 is 17.3 Å². The SMILES string of the molecule is C=C/C=C\C1=C(C=C)N/C(=C2/Nc3ccccc3C2=O)C1=O. The van der Waals surface area contributed by atoms with Crippen LogP contribution in [0.4, 0.5) is 5.69 Å². The molecule has 1 aromatic rings. The normalized spacial score (nSPS) is 20.2. The van der Waals surface area contributed by atoms with Crippen LogP contribution in [0.2, 0.25) is 0 Å². The first-order valence-corrected chi connectivity index (χ1v) is 6.80. The fourth-order valence-corrected chi connectivity index (χ4v) is 2.47. The van der Waals surface area contributed by atoms with Crippen LogP contribution in [0.3, 0.4) is 0 Å². The molecule has 0 unspecified atom stereocenters. The third kappa shape index (κ3) is 2.02. The van der Waals surface area contributed by atoms with E-state index in [0.717, 1.165) is 0 Å². The number of carbonyl (C=O) groups is 2. The summed E-state index contributed by atoms with van der Waals surface area (Å²) in [6.45, 7) is 7.28. The molecule has 0 saturated heterocycles. The fourth-order valence-electron chi connectivity index (χ4n) is 2.47. The first kappa shape index (κ1) is 13.8. The Morgan fingerprint density at radius 2 is 1.68 bits per heavy atom. The second-order valence-electron chi connectivity index (χ2n) is 4.83. The van der Waals surface area contributed by atoms with Crippen LogP contribution >= 0.6 is 0 Å². The Hall–Kier alpha value is -3.14. The molecule has 3 rings (SSSR count). The first-order chi connectivity index (χ1) is 10.7. The monoisotopic (exact) mass is 290 g/mol. The molecule has 4 nitrogen and oxygen atoms in total. The zero-order chi connectivity index (χ0) is 15.7. The van der Waals surface area contributed by atoms with Crippen molar-refractivity contribution in [1.29, 1.82) is 0 Å². The standard InChI is InChI=1S/C18H14N2O2/c1-3-5-8-11-13(4-2)19-15(17(11)21)16-18(22)12-9-6-7-10-14(12)20-16/h3-10,19-20H,1-2H2/b8-5-,16-15+. The van der Waals surface area contributed by atoms with E-state index < -0.39 is 0 Å². The molecule has 2 heterocycles. The lowest BCUT2D eigenvalue weighted by molar-refractivity contribution is -0.111. The van der Waals surface area contributed by atoms with Gasteiger partial charge in [0, 0.05) is 22.5 Å². The summed E-state index contributed by atoms with van der Waals surface area (Å²) in [6, 6.07) is 7.17. The van der Waals surface area contributed by atoms with Gasteiger partial charge in [-0.05, 0) is 24.3 Å². The van der Waals surface area contributed by atoms with Crippen molar-refractivity contribution < 1.29 is 9.59 Å². The van der Waals surface area contributed by atoms with Gasteiger partial charge in [-0.15, -0.1) is 0 Å². The van der Waals surface area contributed by atoms with E-state index in [1.165, 1.54) is 0 Å². The summed E-state index contributed by atoms with van der Waals surface area (Å²) in [6.07, 6.45) is 6.46. The van der Waals surface area contributed by atoms with Gasteiger partial charge in [-0.3, -0.25) is 9.59 Å². The predicted molar refractivity (Wildman–Crippen MR) is 86.1 cm³/mol. The molecule has 0 bridgehead atoms. The molecule has 0 fully saturated rings. The highest BCUT2D eigenvalue weighted by Crippen LogP contribution is 2.32. The quantitative estimate of drug-likeness (QED) is 0.664. The third-order valence-electron chi connectivity index (χ3n) is 3.53. The van der Waals surface area contributed by atoms with Gasteiger partial charge in [0.15, 0.2) is 0 Å². The summed E-state index contributed by atoms with van der Waals surface area (Å²) in [5.74, 6) is -0.430. The molecule has 0 radical (unpaired) electrons. The number of hydrogen-bond donors (Lipinski definition) is 2. The molecular formula is C18H14N2O2. The molecule has 0 saturated carbocycles. The topological polar surface area (TPSA) is 58.2 Å². The smallest absolute Gasteiger partial charge is 0.213 e. The second-order valence-corrected chi connectivity index (χ2v) is 4.83. The van der Waals surface area contributed by atoms with Crippen LogP contribution in [0.5, 0.6) is 0 Å². The predicted octanol–water partition coefficient (Wildman–Crippen LogP) is 2.86. The molecule has 0 aliphatic carbocycles. The maximum atomic E-state index is 12.6. The summed E-state index contributed by atoms with van der Waals surface area (Å²) in [4.78, 5) is 25.0. The summed E-state index contributed by atoms with van der Waals surface area (Å²) >= 11 is 0. The number of carbonyl (C=O) groups excluding carboxylic acids is 2. The Bertz CT molecular complexity index is 810. The molecule has 2 N–H and O–H groups in total. The van der Waals surface area contributed by atoms with Crippen molar-refractivity contribution in [2.75, 3.05) is 5.32 Å². The molecule has 1 aromatic carbocycles. The van der Waals surface area contributed by atoms with E-state index >= 15 is 0 Å². The lowest BCUT2D eigenvalue weighted by Gasteiger charge is -2.04. The Morgan fingerprint density at radius 1 is 0.955 bits per heavy atom. The summed E-state index contributed by atoms with van der Waals surface area (Å²) in [5, 5.41) is 6.00. The largest absolute Gasteiger partial charge is 0.350 e. The minimum atomic E-state index is -0.239. The second kappa shape index (κ2) is 5.33. The van der Waals surface area contributed by atoms with E-state index in [1.807, 2.05) is 6.07 Å². The van der Waals surface area contributed by atoms with Gasteiger partial charge in [-0.2, -0.15) is 0 Å². The first-order valence-electron chi connectivity index (χ1n) is 6.80. The molecule has 108 valence electrons. The summed E-state index contributed by atoms with van der Waals surface area (Å²) in [5.41, 5.74) is 2.83. The van der Waals surface area contributed by atoms with E-state index in [-0.39, 0.29) is 23.0 Å². The molecular weight excluding hydrogens is 276 g/mol. The number of anilines is 1. The molecule has 0 amide bonds. The van der Waals surface area contributed by atoms with Crippen molar-refractivity contribution in [3.63, 3.8) is 0 Å². The average Bonchev–Trinajstić information content (AvgIpc) is 3.03. The number of benzene rings is 1. The summed E-state index contributed by atoms with van der Waals surface area (Å²) < 4.78 is 0. The summed E-state index contributed by atoms with van der Waals surface area (Å²) in [7, 11) is 0. The van der Waals surface area contributed by atoms with Gasteiger partial charge in [0.25, 0.3) is 0 Å². The number of allylic oxidation sites excluding steroid dienone is 6. The van der Waals surface area contributed by atoms with Crippen LogP contribution in [0.1, 0.15) is 10.4 Å². The number of ketones is 2. The molecule has 4 heteroatoms. The molecule has 0 aromatic heterocycles. The lowest BCUT2D eigenvalue weighted by atomic mass is 10.1. The zero-order valence-corrected chi connectivity index (χ0v) is 11.8. The van der Waals surface area contributed by atoms with Crippen molar-refractivity contribution in [3.8, 4) is 0 Å². The van der Waals surface area contributed by atoms with Crippen LogP contribution in [-0.4, -0.2) is 11.6 Å². The number of nitrogens with one attached hydrogen (secondary N) is 2. The maximum absolute atomic E-state index is 12.6. The number of fused-ring (bicyclic) bond motifs is 1. The van der Waals surface area contributed by atoms with Crippen LogP contribution in [0, 0.1) is 0 Å². The van der Waals surface area contributed by atoms with Gasteiger partial charge in [0.2, 0.25) is 11.6 Å². The van der Waals surface area contributed by atoms with Gasteiger partial charge in [-0.1, -0.05) is 37.4 Å². The van der Waals surface area contributed by atoms with Crippen LogP contribution < -0.4 is 10.6 Å². The van der Waals surface area contributed by atoms with Crippen LogP contribution in [0.15, 0.2) is 84.4 Å². The van der Waals surface area contributed by atoms with Gasteiger partial charge in [0.05, 0.1) is 0 Å². The van der Waals surface area contributed by atoms with Crippen molar-refractivity contribution in [3.05, 3.63) is 90.0 Å². The van der Waals surface area contributed by atoms with E-state index in [0.29, 0.717) is 22.5 Å². The number of rotatable bonds is 3. The average molecular weight is 290 g/mol.